The lowest BCUT2D eigenvalue weighted by Crippen LogP contribution is -2.15. The Bertz CT molecular complexity index is 806. The molecule has 1 aromatic carbocycles. The van der Waals surface area contributed by atoms with Crippen molar-refractivity contribution in [2.75, 3.05) is 7.11 Å². The van der Waals surface area contributed by atoms with E-state index in [1.165, 1.54) is 19.4 Å². The van der Waals surface area contributed by atoms with Gasteiger partial charge in [-0.15, -0.1) is 0 Å². The summed E-state index contributed by atoms with van der Waals surface area (Å²) in [7, 11) is 1.51. The fourth-order valence-corrected chi connectivity index (χ4v) is 1.93. The molecule has 96 valence electrons. The first kappa shape index (κ1) is 11.3. The summed E-state index contributed by atoms with van der Waals surface area (Å²) in [6.07, 6.45) is 1.52. The summed E-state index contributed by atoms with van der Waals surface area (Å²) < 4.78 is 5.21. The van der Waals surface area contributed by atoms with E-state index >= 15 is 0 Å². The topological polar surface area (TPSA) is 105 Å². The highest BCUT2D eigenvalue weighted by Crippen LogP contribution is 2.30. The maximum absolute atomic E-state index is 11.6. The van der Waals surface area contributed by atoms with Gasteiger partial charge in [-0.3, -0.25) is 4.79 Å². The van der Waals surface area contributed by atoms with Crippen LogP contribution >= 0.6 is 0 Å². The van der Waals surface area contributed by atoms with Crippen molar-refractivity contribution in [2.24, 2.45) is 0 Å². The Kier molecular flexibility index (Phi) is 2.45. The number of phenols is 1. The van der Waals surface area contributed by atoms with Gasteiger partial charge in [0.25, 0.3) is 5.82 Å². The maximum Gasteiger partial charge on any atom is 0.315 e. The summed E-state index contributed by atoms with van der Waals surface area (Å²) in [4.78, 5) is 17.6. The molecule has 3 aromatic rings. The van der Waals surface area contributed by atoms with Gasteiger partial charge in [-0.05, 0) is 12.1 Å². The van der Waals surface area contributed by atoms with Crippen molar-refractivity contribution in [2.45, 2.75) is 0 Å². The lowest BCUT2D eigenvalue weighted by Gasteiger charge is -2.03. The second-order valence-corrected chi connectivity index (χ2v) is 4.00. The van der Waals surface area contributed by atoms with E-state index in [0.29, 0.717) is 28.2 Å². The van der Waals surface area contributed by atoms with E-state index < -0.39 is 0 Å². The Morgan fingerprint density at radius 1 is 1.42 bits per heavy atom. The van der Waals surface area contributed by atoms with Gasteiger partial charge in [0, 0.05) is 6.07 Å². The van der Waals surface area contributed by atoms with E-state index in [-0.39, 0.29) is 11.3 Å². The lowest BCUT2D eigenvalue weighted by molar-refractivity contribution is -0.331. The molecule has 7 heteroatoms. The Labute approximate surface area is 106 Å². The summed E-state index contributed by atoms with van der Waals surface area (Å²) in [6, 6.07) is 4.73. The third kappa shape index (κ3) is 1.81. The van der Waals surface area contributed by atoms with Crippen molar-refractivity contribution in [3.8, 4) is 22.9 Å². The molecule has 4 N–H and O–H groups in total. The van der Waals surface area contributed by atoms with Crippen molar-refractivity contribution < 1.29 is 14.8 Å². The molecule has 0 unspecified atom stereocenters. The van der Waals surface area contributed by atoms with Crippen LogP contribution in [0.25, 0.3) is 22.4 Å². The number of H-pyrrole nitrogens is 3. The van der Waals surface area contributed by atoms with Crippen LogP contribution in [0.15, 0.2) is 29.2 Å². The molecule has 2 aromatic heterocycles. The van der Waals surface area contributed by atoms with Crippen LogP contribution in [-0.4, -0.2) is 27.4 Å². The minimum atomic E-state index is -0.308. The van der Waals surface area contributed by atoms with Gasteiger partial charge in [0.15, 0.2) is 5.52 Å². The van der Waals surface area contributed by atoms with Crippen LogP contribution in [0.2, 0.25) is 0 Å². The van der Waals surface area contributed by atoms with Gasteiger partial charge in [-0.2, -0.15) is 5.10 Å². The average Bonchev–Trinajstić information content (AvgIpc) is 2.83. The molecule has 0 spiro atoms. The molecule has 0 bridgehead atoms. The molecular weight excluding hydrogens is 248 g/mol. The van der Waals surface area contributed by atoms with Crippen molar-refractivity contribution in [1.29, 1.82) is 0 Å². The molecule has 3 rings (SSSR count). The Morgan fingerprint density at radius 2 is 2.26 bits per heavy atom. The van der Waals surface area contributed by atoms with E-state index in [1.54, 1.807) is 12.1 Å². The molecule has 0 saturated heterocycles. The minimum Gasteiger partial charge on any atom is -0.508 e. The zero-order chi connectivity index (χ0) is 13.4. The molecule has 7 nitrogen and oxygen atoms in total. The first-order valence-electron chi connectivity index (χ1n) is 5.55. The standard InChI is InChI=1S/C12H10N4O3/c1-19-9-4-6(17)2-3-7(9)11-14-8-5-13-16-12(18)10(8)15-11/h2-5,17H,1H3,(H,14,15)(H,16,18)/p+1. The molecule has 0 amide bonds. The van der Waals surface area contributed by atoms with Crippen LogP contribution in [0.5, 0.6) is 11.5 Å². The van der Waals surface area contributed by atoms with Crippen LogP contribution in [0, 0.1) is 0 Å². The number of aromatic hydroxyl groups is 1. The quantitative estimate of drug-likeness (QED) is 0.621. The number of nitrogens with zero attached hydrogens (tertiary/aromatic N) is 1. The van der Waals surface area contributed by atoms with Crippen molar-refractivity contribution in [1.82, 2.24) is 15.2 Å². The SMILES string of the molecule is COc1cc(O)ccc1-c1[nH]c2cn[nH]c(=O)c2[nH+]1. The summed E-state index contributed by atoms with van der Waals surface area (Å²) in [6.45, 7) is 0. The van der Waals surface area contributed by atoms with Gasteiger partial charge >= 0.3 is 5.56 Å². The molecule has 0 atom stereocenters. The lowest BCUT2D eigenvalue weighted by atomic mass is 10.2. The third-order valence-corrected chi connectivity index (χ3v) is 2.82. The first-order valence-corrected chi connectivity index (χ1v) is 5.55. The van der Waals surface area contributed by atoms with Crippen LogP contribution in [0.1, 0.15) is 0 Å². The Balaban J connectivity index is 2.25. The van der Waals surface area contributed by atoms with E-state index in [4.69, 9.17) is 4.74 Å². The summed E-state index contributed by atoms with van der Waals surface area (Å²) in [5, 5.41) is 15.5. The van der Waals surface area contributed by atoms with Crippen LogP contribution < -0.4 is 15.3 Å². The number of methoxy groups -OCH3 is 1. The van der Waals surface area contributed by atoms with E-state index in [9.17, 15) is 9.90 Å². The second kappa shape index (κ2) is 4.13. The predicted octanol–water partition coefficient (Wildman–Crippen LogP) is 0.446. The predicted molar refractivity (Wildman–Crippen MR) is 66.9 cm³/mol. The third-order valence-electron chi connectivity index (χ3n) is 2.82. The molecular formula is C12H11N4O3+. The summed E-state index contributed by atoms with van der Waals surface area (Å²) in [5.74, 6) is 1.20. The molecule has 0 saturated carbocycles. The summed E-state index contributed by atoms with van der Waals surface area (Å²) in [5.41, 5.74) is 1.39. The molecule has 0 aliphatic carbocycles. The normalized spacial score (nSPS) is 10.8. The van der Waals surface area contributed by atoms with Gasteiger partial charge in [0.1, 0.15) is 17.1 Å². The molecule has 0 aliphatic heterocycles. The number of imidazole rings is 1. The van der Waals surface area contributed by atoms with E-state index in [2.05, 4.69) is 20.2 Å². The Morgan fingerprint density at radius 3 is 3.00 bits per heavy atom. The van der Waals surface area contributed by atoms with E-state index in [1.807, 2.05) is 0 Å². The number of phenolic OH excluding ortho intramolecular Hbond substituents is 1. The maximum atomic E-state index is 11.6. The number of hydrogen-bond donors (Lipinski definition) is 3. The smallest absolute Gasteiger partial charge is 0.315 e. The molecule has 0 fully saturated rings. The highest BCUT2D eigenvalue weighted by molar-refractivity contribution is 5.74. The highest BCUT2D eigenvalue weighted by Gasteiger charge is 2.18. The molecule has 2 heterocycles. The minimum absolute atomic E-state index is 0.108. The zero-order valence-corrected chi connectivity index (χ0v) is 10.0. The number of nitrogens with one attached hydrogen (secondary N) is 3. The number of benzene rings is 1. The molecule has 0 radical (unpaired) electrons. The van der Waals surface area contributed by atoms with Gasteiger partial charge in [0.05, 0.1) is 13.3 Å². The van der Waals surface area contributed by atoms with Gasteiger partial charge in [0.2, 0.25) is 5.52 Å². The number of fused-ring (bicyclic) bond motifs is 1. The zero-order valence-electron chi connectivity index (χ0n) is 10.0. The Hall–Kier alpha value is -2.83. The average molecular weight is 259 g/mol. The molecule has 19 heavy (non-hydrogen) atoms. The number of aromatic amines is 3. The monoisotopic (exact) mass is 259 g/mol. The van der Waals surface area contributed by atoms with Gasteiger partial charge in [-0.1, -0.05) is 0 Å². The molecule has 0 aliphatic rings. The van der Waals surface area contributed by atoms with Gasteiger partial charge in [-0.25, -0.2) is 15.1 Å². The van der Waals surface area contributed by atoms with Crippen molar-refractivity contribution in [3.63, 3.8) is 0 Å². The fourth-order valence-electron chi connectivity index (χ4n) is 1.93. The first-order chi connectivity index (χ1) is 9.19. The fraction of sp³-hybridized carbons (Fsp3) is 0.0833. The number of aromatic nitrogens is 4. The van der Waals surface area contributed by atoms with Crippen molar-refractivity contribution >= 4 is 11.0 Å². The van der Waals surface area contributed by atoms with Crippen LogP contribution in [0.3, 0.4) is 0 Å². The number of ether oxygens (including phenoxy) is 1. The van der Waals surface area contributed by atoms with E-state index in [0.717, 1.165) is 0 Å². The van der Waals surface area contributed by atoms with Crippen molar-refractivity contribution in [3.05, 3.63) is 34.7 Å². The second-order valence-electron chi connectivity index (χ2n) is 4.00. The largest absolute Gasteiger partial charge is 0.508 e. The number of hydrogen-bond acceptors (Lipinski definition) is 4. The van der Waals surface area contributed by atoms with Gasteiger partial charge < -0.3 is 9.84 Å². The van der Waals surface area contributed by atoms with Crippen LogP contribution in [-0.2, 0) is 0 Å². The summed E-state index contributed by atoms with van der Waals surface area (Å²) >= 11 is 0. The number of rotatable bonds is 2. The highest BCUT2D eigenvalue weighted by atomic mass is 16.5. The van der Waals surface area contributed by atoms with Crippen LogP contribution in [0.4, 0.5) is 0 Å².